The Morgan fingerprint density at radius 1 is 1.15 bits per heavy atom. The van der Waals surface area contributed by atoms with Crippen molar-refractivity contribution in [2.75, 3.05) is 0 Å². The van der Waals surface area contributed by atoms with Crippen LogP contribution in [0.4, 0.5) is 0 Å². The van der Waals surface area contributed by atoms with Gasteiger partial charge in [-0.1, -0.05) is 17.7 Å². The van der Waals surface area contributed by atoms with E-state index in [9.17, 15) is 4.79 Å². The van der Waals surface area contributed by atoms with Crippen LogP contribution in [0.15, 0.2) is 41.9 Å². The summed E-state index contributed by atoms with van der Waals surface area (Å²) in [5.74, 6) is 0. The van der Waals surface area contributed by atoms with E-state index in [-0.39, 0.29) is 0 Å². The molecule has 0 saturated carbocycles. The Bertz CT molecular complexity index is 753. The third kappa shape index (κ3) is 2.18. The Labute approximate surface area is 121 Å². The van der Waals surface area contributed by atoms with Crippen LogP contribution in [0.1, 0.15) is 21.5 Å². The lowest BCUT2D eigenvalue weighted by atomic mass is 10.2. The molecule has 0 aliphatic carbocycles. The van der Waals surface area contributed by atoms with E-state index in [1.54, 1.807) is 22.2 Å². The van der Waals surface area contributed by atoms with E-state index >= 15 is 0 Å². The van der Waals surface area contributed by atoms with Crippen molar-refractivity contribution < 1.29 is 4.79 Å². The number of nitrogens with zero attached hydrogens (tertiary/aromatic N) is 2. The lowest BCUT2D eigenvalue weighted by molar-refractivity contribution is 0.112. The van der Waals surface area contributed by atoms with Gasteiger partial charge >= 0.3 is 0 Å². The van der Waals surface area contributed by atoms with E-state index < -0.39 is 0 Å². The molecule has 2 aromatic heterocycles. The van der Waals surface area contributed by atoms with Crippen molar-refractivity contribution in [1.82, 2.24) is 9.78 Å². The number of aryl methyl sites for hydroxylation is 2. The standard InChI is InChI=1S/C16H14N2OS/c1-11-3-5-14(6-4-11)18-9-13(10-19)15(17-18)16-12(2)7-8-20-16/h3-10H,1-2H3. The molecule has 0 spiro atoms. The molecule has 0 radical (unpaired) electrons. The molecule has 4 heteroatoms. The van der Waals surface area contributed by atoms with Crippen molar-refractivity contribution in [3.63, 3.8) is 0 Å². The number of rotatable bonds is 3. The highest BCUT2D eigenvalue weighted by atomic mass is 32.1. The van der Waals surface area contributed by atoms with E-state index in [1.807, 2.05) is 49.6 Å². The summed E-state index contributed by atoms with van der Waals surface area (Å²) in [5, 5.41) is 6.60. The van der Waals surface area contributed by atoms with Crippen LogP contribution in [-0.2, 0) is 0 Å². The van der Waals surface area contributed by atoms with Crippen LogP contribution in [0.2, 0.25) is 0 Å². The van der Waals surface area contributed by atoms with Crippen molar-refractivity contribution in [1.29, 1.82) is 0 Å². The Hall–Kier alpha value is -2.20. The number of benzene rings is 1. The maximum atomic E-state index is 11.3. The van der Waals surface area contributed by atoms with E-state index in [4.69, 9.17) is 0 Å². The molecule has 0 fully saturated rings. The predicted octanol–water partition coefficient (Wildman–Crippen LogP) is 4.03. The third-order valence-corrected chi connectivity index (χ3v) is 4.27. The van der Waals surface area contributed by atoms with Gasteiger partial charge in [-0.15, -0.1) is 11.3 Å². The Morgan fingerprint density at radius 2 is 1.90 bits per heavy atom. The molecule has 0 N–H and O–H groups in total. The molecule has 0 amide bonds. The Morgan fingerprint density at radius 3 is 2.50 bits per heavy atom. The van der Waals surface area contributed by atoms with Crippen molar-refractivity contribution in [3.8, 4) is 16.3 Å². The third-order valence-electron chi connectivity index (χ3n) is 3.25. The van der Waals surface area contributed by atoms with E-state index in [1.165, 1.54) is 5.56 Å². The fraction of sp³-hybridized carbons (Fsp3) is 0.125. The second-order valence-electron chi connectivity index (χ2n) is 4.76. The fourth-order valence-corrected chi connectivity index (χ4v) is 3.03. The summed E-state index contributed by atoms with van der Waals surface area (Å²) in [6, 6.07) is 10.1. The highest BCUT2D eigenvalue weighted by molar-refractivity contribution is 7.13. The molecule has 0 saturated heterocycles. The number of aromatic nitrogens is 2. The van der Waals surface area contributed by atoms with Gasteiger partial charge in [0.15, 0.2) is 6.29 Å². The van der Waals surface area contributed by atoms with Gasteiger partial charge in [0.1, 0.15) is 5.69 Å². The fourth-order valence-electron chi connectivity index (χ4n) is 2.10. The second kappa shape index (κ2) is 5.06. The number of hydrogen-bond donors (Lipinski definition) is 0. The zero-order valence-corrected chi connectivity index (χ0v) is 12.1. The van der Waals surface area contributed by atoms with E-state index in [0.29, 0.717) is 5.56 Å². The largest absolute Gasteiger partial charge is 0.298 e. The van der Waals surface area contributed by atoms with Crippen molar-refractivity contribution in [2.45, 2.75) is 13.8 Å². The number of carbonyl (C=O) groups excluding carboxylic acids is 1. The number of hydrogen-bond acceptors (Lipinski definition) is 3. The van der Waals surface area contributed by atoms with Gasteiger partial charge in [0.2, 0.25) is 0 Å². The van der Waals surface area contributed by atoms with Crippen molar-refractivity contribution in [3.05, 3.63) is 58.6 Å². The summed E-state index contributed by atoms with van der Waals surface area (Å²) in [6.07, 6.45) is 2.65. The molecular formula is C16H14N2OS. The number of aldehydes is 1. The maximum absolute atomic E-state index is 11.3. The monoisotopic (exact) mass is 282 g/mol. The minimum atomic E-state index is 0.621. The summed E-state index contributed by atoms with van der Waals surface area (Å²) in [5.41, 5.74) is 4.68. The van der Waals surface area contributed by atoms with Crippen LogP contribution >= 0.6 is 11.3 Å². The lowest BCUT2D eigenvalue weighted by Gasteiger charge is -2.01. The first-order chi connectivity index (χ1) is 9.69. The molecule has 3 rings (SSSR count). The summed E-state index contributed by atoms with van der Waals surface area (Å²) in [7, 11) is 0. The van der Waals surface area contributed by atoms with E-state index in [0.717, 1.165) is 28.1 Å². The van der Waals surface area contributed by atoms with Gasteiger partial charge in [0.25, 0.3) is 0 Å². The molecule has 3 aromatic rings. The smallest absolute Gasteiger partial charge is 0.153 e. The summed E-state index contributed by atoms with van der Waals surface area (Å²) < 4.78 is 1.76. The van der Waals surface area contributed by atoms with Gasteiger partial charge in [0, 0.05) is 6.20 Å². The Kier molecular flexibility index (Phi) is 3.24. The first kappa shape index (κ1) is 12.8. The van der Waals surface area contributed by atoms with Crippen LogP contribution in [0, 0.1) is 13.8 Å². The summed E-state index contributed by atoms with van der Waals surface area (Å²) >= 11 is 1.61. The SMILES string of the molecule is Cc1ccc(-n2cc(C=O)c(-c3sccc3C)n2)cc1. The average molecular weight is 282 g/mol. The van der Waals surface area contributed by atoms with E-state index in [2.05, 4.69) is 5.10 Å². The van der Waals surface area contributed by atoms with Gasteiger partial charge in [-0.25, -0.2) is 4.68 Å². The molecule has 100 valence electrons. The topological polar surface area (TPSA) is 34.9 Å². The minimum absolute atomic E-state index is 0.621. The van der Waals surface area contributed by atoms with Crippen LogP contribution < -0.4 is 0 Å². The molecule has 1 aromatic carbocycles. The normalized spacial score (nSPS) is 10.7. The highest BCUT2D eigenvalue weighted by Gasteiger charge is 2.14. The molecular weight excluding hydrogens is 268 g/mol. The Balaban J connectivity index is 2.12. The molecule has 0 bridgehead atoms. The van der Waals surface area contributed by atoms with Gasteiger partial charge in [0.05, 0.1) is 16.1 Å². The first-order valence-corrected chi connectivity index (χ1v) is 7.23. The quantitative estimate of drug-likeness (QED) is 0.680. The van der Waals surface area contributed by atoms with Gasteiger partial charge in [-0.2, -0.15) is 5.10 Å². The zero-order chi connectivity index (χ0) is 14.1. The van der Waals surface area contributed by atoms with Crippen LogP contribution in [0.3, 0.4) is 0 Å². The highest BCUT2D eigenvalue weighted by Crippen LogP contribution is 2.30. The van der Waals surface area contributed by atoms with Gasteiger partial charge < -0.3 is 0 Å². The maximum Gasteiger partial charge on any atom is 0.153 e. The van der Waals surface area contributed by atoms with Crippen molar-refractivity contribution >= 4 is 17.6 Å². The summed E-state index contributed by atoms with van der Waals surface area (Å²) in [6.45, 7) is 4.08. The molecule has 0 aliphatic heterocycles. The van der Waals surface area contributed by atoms with Gasteiger partial charge in [-0.3, -0.25) is 4.79 Å². The molecule has 2 heterocycles. The van der Waals surface area contributed by atoms with Gasteiger partial charge in [-0.05, 0) is 43.0 Å². The first-order valence-electron chi connectivity index (χ1n) is 6.35. The van der Waals surface area contributed by atoms with Crippen LogP contribution in [0.25, 0.3) is 16.3 Å². The molecule has 3 nitrogen and oxygen atoms in total. The number of carbonyl (C=O) groups is 1. The molecule has 0 aliphatic rings. The lowest BCUT2D eigenvalue weighted by Crippen LogP contribution is -1.94. The predicted molar refractivity (Wildman–Crippen MR) is 81.7 cm³/mol. The zero-order valence-electron chi connectivity index (χ0n) is 11.3. The number of thiophene rings is 1. The molecule has 20 heavy (non-hydrogen) atoms. The molecule has 0 atom stereocenters. The molecule has 0 unspecified atom stereocenters. The summed E-state index contributed by atoms with van der Waals surface area (Å²) in [4.78, 5) is 12.3. The minimum Gasteiger partial charge on any atom is -0.298 e. The average Bonchev–Trinajstić information content (AvgIpc) is 3.05. The van der Waals surface area contributed by atoms with Crippen LogP contribution in [-0.4, -0.2) is 16.1 Å². The van der Waals surface area contributed by atoms with Crippen molar-refractivity contribution in [2.24, 2.45) is 0 Å². The second-order valence-corrected chi connectivity index (χ2v) is 5.68. The van der Waals surface area contributed by atoms with Crippen LogP contribution in [0.5, 0.6) is 0 Å².